The van der Waals surface area contributed by atoms with Gasteiger partial charge in [-0.3, -0.25) is 9.69 Å². The van der Waals surface area contributed by atoms with Gasteiger partial charge in [-0.2, -0.15) is 0 Å². The van der Waals surface area contributed by atoms with Gasteiger partial charge in [0.1, 0.15) is 11.5 Å². The second-order valence-electron chi connectivity index (χ2n) is 6.62. The van der Waals surface area contributed by atoms with Crippen LogP contribution in [0.15, 0.2) is 28.8 Å². The first-order valence-electron chi connectivity index (χ1n) is 8.61. The predicted octanol–water partition coefficient (Wildman–Crippen LogP) is 2.23. The minimum absolute atomic E-state index is 0.0532. The molecule has 1 aromatic carbocycles. The van der Waals surface area contributed by atoms with Gasteiger partial charge in [-0.05, 0) is 38.0 Å². The molecule has 0 spiro atoms. The third kappa shape index (κ3) is 4.39. The van der Waals surface area contributed by atoms with Crippen molar-refractivity contribution in [1.82, 2.24) is 15.4 Å². The molecule has 1 amide bonds. The summed E-state index contributed by atoms with van der Waals surface area (Å²) in [5.74, 6) is 1.71. The van der Waals surface area contributed by atoms with Crippen LogP contribution in [0.1, 0.15) is 29.0 Å². The molecular formula is C19H25N3O3. The Hall–Kier alpha value is -2.34. The normalized spacial score (nSPS) is 17.6. The maximum absolute atomic E-state index is 12.3. The van der Waals surface area contributed by atoms with E-state index in [9.17, 15) is 4.79 Å². The molecular weight excluding hydrogens is 318 g/mol. The number of hydrogen-bond donors (Lipinski definition) is 1. The van der Waals surface area contributed by atoms with E-state index in [2.05, 4.69) is 15.4 Å². The van der Waals surface area contributed by atoms with Crippen LogP contribution < -0.4 is 10.1 Å². The number of methoxy groups -OCH3 is 1. The molecule has 2 heterocycles. The van der Waals surface area contributed by atoms with Crippen molar-refractivity contribution in [1.29, 1.82) is 0 Å². The molecule has 0 aliphatic carbocycles. The van der Waals surface area contributed by atoms with Crippen LogP contribution in [0.3, 0.4) is 0 Å². The number of amides is 1. The van der Waals surface area contributed by atoms with Gasteiger partial charge in [0.05, 0.1) is 19.2 Å². The minimum atomic E-state index is 0.0532. The van der Waals surface area contributed by atoms with E-state index in [-0.39, 0.29) is 11.9 Å². The highest BCUT2D eigenvalue weighted by Gasteiger charge is 2.25. The van der Waals surface area contributed by atoms with Gasteiger partial charge in [0, 0.05) is 31.2 Å². The number of likely N-dealkylation sites (tertiary alicyclic amines) is 1. The van der Waals surface area contributed by atoms with E-state index in [1.807, 2.05) is 38.1 Å². The minimum Gasteiger partial charge on any atom is -0.497 e. The highest BCUT2D eigenvalue weighted by molar-refractivity contribution is 5.79. The average Bonchev–Trinajstić information content (AvgIpc) is 3.16. The molecule has 134 valence electrons. The lowest BCUT2D eigenvalue weighted by Gasteiger charge is -2.16. The van der Waals surface area contributed by atoms with Crippen molar-refractivity contribution in [2.75, 3.05) is 20.2 Å². The Morgan fingerprint density at radius 2 is 2.28 bits per heavy atom. The van der Waals surface area contributed by atoms with Crippen molar-refractivity contribution < 1.29 is 14.1 Å². The lowest BCUT2D eigenvalue weighted by atomic mass is 10.1. The summed E-state index contributed by atoms with van der Waals surface area (Å²) in [6.45, 7) is 6.56. The fourth-order valence-corrected chi connectivity index (χ4v) is 3.29. The molecule has 0 saturated carbocycles. The van der Waals surface area contributed by atoms with Gasteiger partial charge in [-0.15, -0.1) is 0 Å². The SMILES string of the molecule is COc1cccc(CC(=O)NC2CCN(Cc3c(C)noc3C)C2)c1. The number of hydrogen-bond acceptors (Lipinski definition) is 5. The summed E-state index contributed by atoms with van der Waals surface area (Å²) in [7, 11) is 1.63. The molecule has 1 saturated heterocycles. The molecule has 1 aliphatic heterocycles. The molecule has 1 aromatic heterocycles. The third-order valence-corrected chi connectivity index (χ3v) is 4.70. The maximum atomic E-state index is 12.3. The Kier molecular flexibility index (Phi) is 5.38. The number of rotatable bonds is 6. The van der Waals surface area contributed by atoms with Crippen molar-refractivity contribution >= 4 is 5.91 Å². The summed E-state index contributed by atoms with van der Waals surface area (Å²) in [5, 5.41) is 7.15. The van der Waals surface area contributed by atoms with Gasteiger partial charge < -0.3 is 14.6 Å². The highest BCUT2D eigenvalue weighted by atomic mass is 16.5. The lowest BCUT2D eigenvalue weighted by Crippen LogP contribution is -2.37. The summed E-state index contributed by atoms with van der Waals surface area (Å²) in [6.07, 6.45) is 1.34. The van der Waals surface area contributed by atoms with Gasteiger partial charge in [0.15, 0.2) is 0 Å². The fraction of sp³-hybridized carbons (Fsp3) is 0.474. The largest absolute Gasteiger partial charge is 0.497 e. The van der Waals surface area contributed by atoms with Gasteiger partial charge in [0.2, 0.25) is 5.91 Å². The molecule has 2 aromatic rings. The van der Waals surface area contributed by atoms with E-state index in [4.69, 9.17) is 9.26 Å². The molecule has 1 atom stereocenters. The van der Waals surface area contributed by atoms with Crippen molar-refractivity contribution in [3.05, 3.63) is 46.8 Å². The van der Waals surface area contributed by atoms with Gasteiger partial charge in [-0.1, -0.05) is 17.3 Å². The van der Waals surface area contributed by atoms with Crippen molar-refractivity contribution in [3.8, 4) is 5.75 Å². The van der Waals surface area contributed by atoms with Crippen LogP contribution in [-0.2, 0) is 17.8 Å². The lowest BCUT2D eigenvalue weighted by molar-refractivity contribution is -0.121. The zero-order valence-electron chi connectivity index (χ0n) is 15.0. The number of aryl methyl sites for hydroxylation is 2. The fourth-order valence-electron chi connectivity index (χ4n) is 3.29. The Morgan fingerprint density at radius 1 is 1.44 bits per heavy atom. The van der Waals surface area contributed by atoms with E-state index in [1.165, 1.54) is 0 Å². The first-order chi connectivity index (χ1) is 12.0. The van der Waals surface area contributed by atoms with E-state index in [1.54, 1.807) is 7.11 Å². The van der Waals surface area contributed by atoms with Crippen LogP contribution in [0, 0.1) is 13.8 Å². The highest BCUT2D eigenvalue weighted by Crippen LogP contribution is 2.19. The van der Waals surface area contributed by atoms with Crippen LogP contribution in [0.2, 0.25) is 0 Å². The maximum Gasteiger partial charge on any atom is 0.224 e. The summed E-state index contributed by atoms with van der Waals surface area (Å²) < 4.78 is 10.4. The van der Waals surface area contributed by atoms with Crippen molar-refractivity contribution in [3.63, 3.8) is 0 Å². The standard InChI is InChI=1S/C19H25N3O3/c1-13-18(14(2)25-21-13)12-22-8-7-16(11-22)20-19(23)10-15-5-4-6-17(9-15)24-3/h4-6,9,16H,7-8,10-12H2,1-3H3,(H,20,23). The number of ether oxygens (including phenoxy) is 1. The number of benzene rings is 1. The van der Waals surface area contributed by atoms with Gasteiger partial charge in [0.25, 0.3) is 0 Å². The topological polar surface area (TPSA) is 67.6 Å². The van der Waals surface area contributed by atoms with Crippen LogP contribution in [-0.4, -0.2) is 42.2 Å². The van der Waals surface area contributed by atoms with E-state index >= 15 is 0 Å². The Morgan fingerprint density at radius 3 is 3.00 bits per heavy atom. The smallest absolute Gasteiger partial charge is 0.224 e. The molecule has 0 radical (unpaired) electrons. The van der Waals surface area contributed by atoms with Crippen LogP contribution in [0.25, 0.3) is 0 Å². The second-order valence-corrected chi connectivity index (χ2v) is 6.62. The Balaban J connectivity index is 1.50. The quantitative estimate of drug-likeness (QED) is 0.871. The van der Waals surface area contributed by atoms with Gasteiger partial charge in [-0.25, -0.2) is 0 Å². The van der Waals surface area contributed by atoms with E-state index in [0.29, 0.717) is 6.42 Å². The molecule has 6 nitrogen and oxygen atoms in total. The summed E-state index contributed by atoms with van der Waals surface area (Å²) >= 11 is 0. The monoisotopic (exact) mass is 343 g/mol. The Labute approximate surface area is 148 Å². The average molecular weight is 343 g/mol. The molecule has 25 heavy (non-hydrogen) atoms. The van der Waals surface area contributed by atoms with Crippen molar-refractivity contribution in [2.45, 2.75) is 39.3 Å². The van der Waals surface area contributed by atoms with Gasteiger partial charge >= 0.3 is 0 Å². The Bertz CT molecular complexity index is 722. The second kappa shape index (κ2) is 7.70. The predicted molar refractivity (Wildman–Crippen MR) is 94.5 cm³/mol. The number of nitrogens with one attached hydrogen (secondary N) is 1. The summed E-state index contributed by atoms with van der Waals surface area (Å²) in [5.41, 5.74) is 3.06. The van der Waals surface area contributed by atoms with Crippen LogP contribution in [0.5, 0.6) is 5.75 Å². The zero-order valence-corrected chi connectivity index (χ0v) is 15.0. The number of carbonyl (C=O) groups excluding carboxylic acids is 1. The van der Waals surface area contributed by atoms with E-state index < -0.39 is 0 Å². The molecule has 1 aliphatic rings. The number of nitrogens with zero attached hydrogens (tertiary/aromatic N) is 2. The first-order valence-corrected chi connectivity index (χ1v) is 8.61. The molecule has 6 heteroatoms. The third-order valence-electron chi connectivity index (χ3n) is 4.70. The van der Waals surface area contributed by atoms with Crippen LogP contribution in [0.4, 0.5) is 0 Å². The molecule has 1 fully saturated rings. The van der Waals surface area contributed by atoms with Crippen molar-refractivity contribution in [2.24, 2.45) is 0 Å². The van der Waals surface area contributed by atoms with Crippen LogP contribution >= 0.6 is 0 Å². The molecule has 1 unspecified atom stereocenters. The molecule has 1 N–H and O–H groups in total. The molecule has 3 rings (SSSR count). The zero-order chi connectivity index (χ0) is 17.8. The number of carbonyl (C=O) groups is 1. The molecule has 0 bridgehead atoms. The summed E-state index contributed by atoms with van der Waals surface area (Å²) in [4.78, 5) is 14.6. The number of aromatic nitrogens is 1. The first kappa shape index (κ1) is 17.5. The summed E-state index contributed by atoms with van der Waals surface area (Å²) in [6, 6.07) is 7.82. The van der Waals surface area contributed by atoms with E-state index in [0.717, 1.165) is 54.4 Å².